The van der Waals surface area contributed by atoms with E-state index in [0.717, 1.165) is 17.7 Å². The van der Waals surface area contributed by atoms with Gasteiger partial charge in [-0.05, 0) is 56.0 Å². The van der Waals surface area contributed by atoms with E-state index in [2.05, 4.69) is 5.32 Å². The maximum atomic E-state index is 12.9. The molecule has 2 rings (SSSR count). The normalized spacial score (nSPS) is 11.6. The predicted octanol–water partition coefficient (Wildman–Crippen LogP) is 4.49. The van der Waals surface area contributed by atoms with Crippen molar-refractivity contribution in [2.75, 3.05) is 19.7 Å². The fraction of sp³-hybridized carbons (Fsp3) is 0.417. The smallest absolute Gasteiger partial charge is 0.242 e. The van der Waals surface area contributed by atoms with E-state index in [9.17, 15) is 9.59 Å². The summed E-state index contributed by atoms with van der Waals surface area (Å²) in [6.45, 7) is 5.33. The van der Waals surface area contributed by atoms with Crippen LogP contribution in [0.5, 0.6) is 5.75 Å². The summed E-state index contributed by atoms with van der Waals surface area (Å²) in [6, 6.07) is 16.6. The van der Waals surface area contributed by atoms with Gasteiger partial charge in [-0.2, -0.15) is 0 Å². The molecule has 0 heterocycles. The lowest BCUT2D eigenvalue weighted by molar-refractivity contribution is -0.140. The van der Waals surface area contributed by atoms with Crippen LogP contribution in [0.1, 0.15) is 38.7 Å². The van der Waals surface area contributed by atoms with Gasteiger partial charge in [0.15, 0.2) is 0 Å². The molecule has 0 aliphatic carbocycles. The van der Waals surface area contributed by atoms with E-state index in [4.69, 9.17) is 16.3 Å². The molecule has 0 radical (unpaired) electrons. The first-order chi connectivity index (χ1) is 14.5. The Balaban J connectivity index is 1.90. The number of nitrogens with zero attached hydrogens (tertiary/aromatic N) is 1. The number of amides is 2. The Hall–Kier alpha value is -2.53. The van der Waals surface area contributed by atoms with E-state index in [-0.39, 0.29) is 11.8 Å². The molecule has 162 valence electrons. The zero-order valence-corrected chi connectivity index (χ0v) is 18.5. The van der Waals surface area contributed by atoms with Crippen LogP contribution >= 0.6 is 11.6 Å². The van der Waals surface area contributed by atoms with E-state index in [1.54, 1.807) is 36.1 Å². The Bertz CT molecular complexity index is 781. The van der Waals surface area contributed by atoms with Gasteiger partial charge >= 0.3 is 0 Å². The van der Waals surface area contributed by atoms with E-state index >= 15 is 0 Å². The molecule has 2 aromatic carbocycles. The zero-order chi connectivity index (χ0) is 21.8. The lowest BCUT2D eigenvalue weighted by Gasteiger charge is -2.29. The van der Waals surface area contributed by atoms with Gasteiger partial charge in [-0.1, -0.05) is 48.9 Å². The SMILES string of the molecule is CCCNC(=O)[C@H](C)N(CCc1ccccc1)C(=O)CCCOc1ccc(Cl)cc1. The van der Waals surface area contributed by atoms with Crippen molar-refractivity contribution in [3.8, 4) is 5.75 Å². The molecular weight excluding hydrogens is 400 g/mol. The first-order valence-electron chi connectivity index (χ1n) is 10.5. The third kappa shape index (κ3) is 8.07. The maximum absolute atomic E-state index is 12.9. The fourth-order valence-electron chi connectivity index (χ4n) is 3.05. The molecule has 0 saturated carbocycles. The highest BCUT2D eigenvalue weighted by Gasteiger charge is 2.25. The second kappa shape index (κ2) is 12.9. The predicted molar refractivity (Wildman–Crippen MR) is 121 cm³/mol. The molecule has 1 atom stereocenters. The van der Waals surface area contributed by atoms with Crippen LogP contribution in [-0.4, -0.2) is 42.5 Å². The Morgan fingerprint density at radius 3 is 2.47 bits per heavy atom. The first-order valence-corrected chi connectivity index (χ1v) is 10.9. The molecule has 0 aliphatic heterocycles. The number of carbonyl (C=O) groups excluding carboxylic acids is 2. The van der Waals surface area contributed by atoms with Gasteiger partial charge in [0, 0.05) is 24.5 Å². The summed E-state index contributed by atoms with van der Waals surface area (Å²) in [5, 5.41) is 3.55. The number of benzene rings is 2. The minimum Gasteiger partial charge on any atom is -0.494 e. The summed E-state index contributed by atoms with van der Waals surface area (Å²) < 4.78 is 5.67. The molecule has 0 unspecified atom stereocenters. The van der Waals surface area contributed by atoms with E-state index in [1.165, 1.54) is 0 Å². The van der Waals surface area contributed by atoms with Crippen molar-refractivity contribution in [2.45, 2.75) is 45.6 Å². The molecule has 0 bridgehead atoms. The summed E-state index contributed by atoms with van der Waals surface area (Å²) in [5.41, 5.74) is 1.14. The molecule has 5 nitrogen and oxygen atoms in total. The summed E-state index contributed by atoms with van der Waals surface area (Å²) in [6.07, 6.45) is 2.47. The molecule has 6 heteroatoms. The average Bonchev–Trinajstić information content (AvgIpc) is 2.77. The second-order valence-electron chi connectivity index (χ2n) is 7.20. The Kier molecular flexibility index (Phi) is 10.2. The minimum atomic E-state index is -0.509. The number of carbonyl (C=O) groups is 2. The van der Waals surface area contributed by atoms with Crippen LogP contribution in [0.3, 0.4) is 0 Å². The highest BCUT2D eigenvalue weighted by molar-refractivity contribution is 6.30. The highest BCUT2D eigenvalue weighted by Crippen LogP contribution is 2.16. The zero-order valence-electron chi connectivity index (χ0n) is 17.8. The maximum Gasteiger partial charge on any atom is 0.242 e. The third-order valence-corrected chi connectivity index (χ3v) is 5.07. The van der Waals surface area contributed by atoms with Crippen LogP contribution < -0.4 is 10.1 Å². The Labute approximate surface area is 184 Å². The lowest BCUT2D eigenvalue weighted by atomic mass is 10.1. The van der Waals surface area contributed by atoms with Crippen molar-refractivity contribution in [1.29, 1.82) is 0 Å². The molecule has 30 heavy (non-hydrogen) atoms. The second-order valence-corrected chi connectivity index (χ2v) is 7.63. The number of ether oxygens (including phenoxy) is 1. The van der Waals surface area contributed by atoms with E-state index in [1.807, 2.05) is 37.3 Å². The number of rotatable bonds is 12. The van der Waals surface area contributed by atoms with Crippen molar-refractivity contribution >= 4 is 23.4 Å². The number of hydrogen-bond donors (Lipinski definition) is 1. The van der Waals surface area contributed by atoms with Crippen LogP contribution in [0.2, 0.25) is 5.02 Å². The quantitative estimate of drug-likeness (QED) is 0.505. The van der Waals surface area contributed by atoms with Gasteiger partial charge in [-0.3, -0.25) is 9.59 Å². The largest absolute Gasteiger partial charge is 0.494 e. The van der Waals surface area contributed by atoms with E-state index < -0.39 is 6.04 Å². The van der Waals surface area contributed by atoms with Crippen LogP contribution in [0.15, 0.2) is 54.6 Å². The molecule has 0 saturated heterocycles. The van der Waals surface area contributed by atoms with Gasteiger partial charge in [0.2, 0.25) is 11.8 Å². The number of hydrogen-bond acceptors (Lipinski definition) is 3. The average molecular weight is 431 g/mol. The third-order valence-electron chi connectivity index (χ3n) is 4.82. The van der Waals surface area contributed by atoms with Crippen LogP contribution in [-0.2, 0) is 16.0 Å². The summed E-state index contributed by atoms with van der Waals surface area (Å²) in [4.78, 5) is 27.1. The molecule has 0 aliphatic rings. The molecule has 0 spiro atoms. The van der Waals surface area contributed by atoms with Crippen molar-refractivity contribution in [3.63, 3.8) is 0 Å². The van der Waals surface area contributed by atoms with Crippen LogP contribution in [0.25, 0.3) is 0 Å². The van der Waals surface area contributed by atoms with Gasteiger partial charge in [-0.15, -0.1) is 0 Å². The summed E-state index contributed by atoms with van der Waals surface area (Å²) >= 11 is 5.87. The molecule has 2 aromatic rings. The number of nitrogens with one attached hydrogen (secondary N) is 1. The van der Waals surface area contributed by atoms with Gasteiger partial charge < -0.3 is 15.0 Å². The van der Waals surface area contributed by atoms with Gasteiger partial charge in [0.05, 0.1) is 6.61 Å². The lowest BCUT2D eigenvalue weighted by Crippen LogP contribution is -2.49. The summed E-state index contributed by atoms with van der Waals surface area (Å²) in [5.74, 6) is 0.570. The van der Waals surface area contributed by atoms with Gasteiger partial charge in [-0.25, -0.2) is 0 Å². The monoisotopic (exact) mass is 430 g/mol. The topological polar surface area (TPSA) is 58.6 Å². The van der Waals surface area contributed by atoms with Crippen LogP contribution in [0.4, 0.5) is 0 Å². The van der Waals surface area contributed by atoms with E-state index in [0.29, 0.717) is 44.0 Å². The highest BCUT2D eigenvalue weighted by atomic mass is 35.5. The van der Waals surface area contributed by atoms with Crippen molar-refractivity contribution in [1.82, 2.24) is 10.2 Å². The Morgan fingerprint density at radius 2 is 1.80 bits per heavy atom. The molecule has 0 aromatic heterocycles. The molecule has 0 fully saturated rings. The van der Waals surface area contributed by atoms with Gasteiger partial charge in [0.25, 0.3) is 0 Å². The standard InChI is InChI=1S/C24H31ClN2O3/c1-3-16-26-24(29)19(2)27(17-15-20-8-5-4-6-9-20)23(28)10-7-18-30-22-13-11-21(25)12-14-22/h4-6,8-9,11-14,19H,3,7,10,15-18H2,1-2H3,(H,26,29)/t19-/m0/s1. The Morgan fingerprint density at radius 1 is 1.10 bits per heavy atom. The minimum absolute atomic E-state index is 0.0372. The van der Waals surface area contributed by atoms with Crippen molar-refractivity contribution < 1.29 is 14.3 Å². The van der Waals surface area contributed by atoms with Gasteiger partial charge in [0.1, 0.15) is 11.8 Å². The first kappa shape index (κ1) is 23.7. The molecule has 1 N–H and O–H groups in total. The van der Waals surface area contributed by atoms with Crippen molar-refractivity contribution in [2.24, 2.45) is 0 Å². The van der Waals surface area contributed by atoms with Crippen molar-refractivity contribution in [3.05, 3.63) is 65.2 Å². The van der Waals surface area contributed by atoms with Crippen LogP contribution in [0, 0.1) is 0 Å². The molecule has 2 amide bonds. The molecular formula is C24H31ClN2O3. The summed E-state index contributed by atoms with van der Waals surface area (Å²) in [7, 11) is 0. The number of halogens is 1. The fourth-order valence-corrected chi connectivity index (χ4v) is 3.18.